The van der Waals surface area contributed by atoms with Gasteiger partial charge in [0.15, 0.2) is 11.5 Å². The molecule has 3 atom stereocenters. The van der Waals surface area contributed by atoms with Crippen LogP contribution in [0.15, 0.2) is 36.4 Å². The van der Waals surface area contributed by atoms with Crippen LogP contribution in [0.1, 0.15) is 66.1 Å². The third kappa shape index (κ3) is 5.25. The number of likely N-dealkylation sites (tertiary alicyclic amines) is 1. The zero-order valence-corrected chi connectivity index (χ0v) is 22.6. The van der Waals surface area contributed by atoms with Gasteiger partial charge in [0.05, 0.1) is 33.3 Å². The van der Waals surface area contributed by atoms with Crippen LogP contribution in [-0.4, -0.2) is 75.7 Å². The molecule has 0 unspecified atom stereocenters. The zero-order chi connectivity index (χ0) is 26.5. The third-order valence-electron chi connectivity index (χ3n) is 7.66. The number of fused-ring (bicyclic) bond motifs is 1. The maximum absolute atomic E-state index is 13.9. The van der Waals surface area contributed by atoms with Gasteiger partial charge in [0.2, 0.25) is 11.7 Å². The number of carbonyl (C=O) groups is 2. The van der Waals surface area contributed by atoms with Crippen LogP contribution in [-0.2, 0) is 4.79 Å². The molecule has 2 aliphatic rings. The second-order valence-electron chi connectivity index (χ2n) is 9.82. The highest BCUT2D eigenvalue weighted by Crippen LogP contribution is 2.47. The average molecular weight is 510 g/mol. The first-order valence-electron chi connectivity index (χ1n) is 13.1. The molecule has 8 heteroatoms. The molecule has 4 rings (SSSR count). The normalized spacial score (nSPS) is 21.5. The summed E-state index contributed by atoms with van der Waals surface area (Å²) in [6, 6.07) is 11.1. The number of ether oxygens (including phenoxy) is 3. The summed E-state index contributed by atoms with van der Waals surface area (Å²) in [5.74, 6) is 0.712. The lowest BCUT2D eigenvalue weighted by atomic mass is 9.79. The Morgan fingerprint density at radius 3 is 2.38 bits per heavy atom. The molecule has 0 bridgehead atoms. The minimum absolute atomic E-state index is 0.0761. The summed E-state index contributed by atoms with van der Waals surface area (Å²) in [6.07, 6.45) is 4.02. The first-order valence-corrected chi connectivity index (χ1v) is 13.1. The van der Waals surface area contributed by atoms with Gasteiger partial charge in [0.1, 0.15) is 0 Å². The number of hydrogen-bond donors (Lipinski definition) is 1. The summed E-state index contributed by atoms with van der Waals surface area (Å²) >= 11 is 0. The molecule has 0 radical (unpaired) electrons. The van der Waals surface area contributed by atoms with E-state index in [1.54, 1.807) is 21.3 Å². The molecule has 1 N–H and O–H groups in total. The summed E-state index contributed by atoms with van der Waals surface area (Å²) < 4.78 is 16.8. The molecule has 1 saturated heterocycles. The van der Waals surface area contributed by atoms with E-state index >= 15 is 0 Å². The van der Waals surface area contributed by atoms with Crippen LogP contribution in [0.2, 0.25) is 0 Å². The molecular weight excluding hydrogens is 470 g/mol. The van der Waals surface area contributed by atoms with Crippen LogP contribution in [0.3, 0.4) is 0 Å². The second-order valence-corrected chi connectivity index (χ2v) is 9.82. The lowest BCUT2D eigenvalue weighted by Crippen LogP contribution is -2.48. The number of hydrogen-bond acceptors (Lipinski definition) is 6. The second kappa shape index (κ2) is 11.9. The van der Waals surface area contributed by atoms with E-state index in [-0.39, 0.29) is 11.8 Å². The van der Waals surface area contributed by atoms with Crippen molar-refractivity contribution in [3.05, 3.63) is 53.1 Å². The van der Waals surface area contributed by atoms with E-state index < -0.39 is 12.0 Å². The smallest absolute Gasteiger partial charge is 0.254 e. The quantitative estimate of drug-likeness (QED) is 0.522. The van der Waals surface area contributed by atoms with Gasteiger partial charge in [-0.3, -0.25) is 9.59 Å². The Morgan fingerprint density at radius 1 is 1.08 bits per heavy atom. The summed E-state index contributed by atoms with van der Waals surface area (Å²) in [4.78, 5) is 31.8. The molecule has 200 valence electrons. The molecule has 0 saturated carbocycles. The minimum atomic E-state index is -0.579. The van der Waals surface area contributed by atoms with E-state index in [1.807, 2.05) is 48.2 Å². The maximum Gasteiger partial charge on any atom is 0.254 e. The first kappa shape index (κ1) is 26.8. The van der Waals surface area contributed by atoms with Gasteiger partial charge >= 0.3 is 0 Å². The number of nitrogens with one attached hydrogen (secondary N) is 1. The van der Waals surface area contributed by atoms with Gasteiger partial charge in [0.25, 0.3) is 5.91 Å². The van der Waals surface area contributed by atoms with E-state index in [1.165, 1.54) is 6.42 Å². The fourth-order valence-corrected chi connectivity index (χ4v) is 5.82. The Labute approximate surface area is 219 Å². The highest BCUT2D eigenvalue weighted by atomic mass is 16.5. The molecular formula is C29H39N3O5. The Bertz CT molecular complexity index is 1100. The van der Waals surface area contributed by atoms with Crippen molar-refractivity contribution in [3.8, 4) is 17.2 Å². The molecule has 0 spiro atoms. The summed E-state index contributed by atoms with van der Waals surface area (Å²) in [5.41, 5.74) is 2.09. The molecule has 2 aromatic rings. The van der Waals surface area contributed by atoms with Crippen molar-refractivity contribution < 1.29 is 23.8 Å². The highest BCUT2D eigenvalue weighted by molar-refractivity contribution is 6.01. The third-order valence-corrected chi connectivity index (χ3v) is 7.66. The largest absolute Gasteiger partial charge is 0.493 e. The van der Waals surface area contributed by atoms with Crippen LogP contribution >= 0.6 is 0 Å². The summed E-state index contributed by atoms with van der Waals surface area (Å²) in [6.45, 7) is 4.25. The van der Waals surface area contributed by atoms with Crippen molar-refractivity contribution in [3.63, 3.8) is 0 Å². The van der Waals surface area contributed by atoms with Gasteiger partial charge in [-0.15, -0.1) is 0 Å². The number of benzene rings is 2. The standard InChI is InChI=1S/C29H39N3O5/c1-6-15-32-26(19-17-23(35-3)27(37-5)24(18-19)36-4)25(21-11-7-8-12-22(21)29(32)34)28(33)30-14-13-20-10-9-16-31(20)2/h7-8,11-12,17-18,20,25-26H,6,9-10,13-16H2,1-5H3,(H,30,33)/t20-,25-,26-/m0/s1. The predicted molar refractivity (Wildman–Crippen MR) is 143 cm³/mol. The number of carbonyl (C=O) groups excluding carboxylic acids is 2. The topological polar surface area (TPSA) is 80.3 Å². The van der Waals surface area contributed by atoms with Crippen LogP contribution in [0.25, 0.3) is 0 Å². The van der Waals surface area contributed by atoms with Crippen LogP contribution in [0.5, 0.6) is 17.2 Å². The molecule has 2 aliphatic heterocycles. The van der Waals surface area contributed by atoms with E-state index in [0.29, 0.717) is 41.9 Å². The lowest BCUT2D eigenvalue weighted by Gasteiger charge is -2.42. The molecule has 2 amide bonds. The Morgan fingerprint density at radius 2 is 1.78 bits per heavy atom. The van der Waals surface area contributed by atoms with E-state index in [0.717, 1.165) is 36.9 Å². The Hall–Kier alpha value is -3.26. The van der Waals surface area contributed by atoms with Crippen molar-refractivity contribution in [2.75, 3.05) is 48.0 Å². The highest BCUT2D eigenvalue weighted by Gasteiger charge is 2.44. The van der Waals surface area contributed by atoms with Crippen molar-refractivity contribution in [2.24, 2.45) is 0 Å². The van der Waals surface area contributed by atoms with Gasteiger partial charge < -0.3 is 29.3 Å². The molecule has 0 aliphatic carbocycles. The van der Waals surface area contributed by atoms with E-state index in [9.17, 15) is 9.59 Å². The predicted octanol–water partition coefficient (Wildman–Crippen LogP) is 4.00. The van der Waals surface area contributed by atoms with Gasteiger partial charge in [-0.05, 0) is 68.6 Å². The molecule has 0 aromatic heterocycles. The van der Waals surface area contributed by atoms with Crippen LogP contribution < -0.4 is 19.5 Å². The number of nitrogens with zero attached hydrogens (tertiary/aromatic N) is 2. The molecule has 1 fully saturated rings. The number of amides is 2. The fourth-order valence-electron chi connectivity index (χ4n) is 5.82. The number of rotatable bonds is 10. The van der Waals surface area contributed by atoms with Crippen molar-refractivity contribution >= 4 is 11.8 Å². The maximum atomic E-state index is 13.9. The average Bonchev–Trinajstić information content (AvgIpc) is 3.33. The van der Waals surface area contributed by atoms with Crippen LogP contribution in [0, 0.1) is 0 Å². The van der Waals surface area contributed by atoms with Crippen molar-refractivity contribution in [1.82, 2.24) is 15.1 Å². The number of methoxy groups -OCH3 is 3. The Balaban J connectivity index is 1.76. The molecule has 8 nitrogen and oxygen atoms in total. The SMILES string of the molecule is CCCN1C(=O)c2ccccc2[C@H](C(=O)NCC[C@@H]2CCCN2C)[C@@H]1c1cc(OC)c(OC)c(OC)c1. The van der Waals surface area contributed by atoms with Crippen molar-refractivity contribution in [2.45, 2.75) is 50.6 Å². The first-order chi connectivity index (χ1) is 17.9. The van der Waals surface area contributed by atoms with Gasteiger partial charge in [-0.1, -0.05) is 25.1 Å². The monoisotopic (exact) mass is 509 g/mol. The fraction of sp³-hybridized carbons (Fsp3) is 0.517. The van der Waals surface area contributed by atoms with Gasteiger partial charge in [0, 0.05) is 24.7 Å². The summed E-state index contributed by atoms with van der Waals surface area (Å²) in [5, 5.41) is 3.21. The van der Waals surface area contributed by atoms with Gasteiger partial charge in [-0.25, -0.2) is 0 Å². The molecule has 2 heterocycles. The van der Waals surface area contributed by atoms with E-state index in [2.05, 4.69) is 17.3 Å². The Kier molecular flexibility index (Phi) is 8.59. The van der Waals surface area contributed by atoms with Crippen molar-refractivity contribution in [1.29, 1.82) is 0 Å². The van der Waals surface area contributed by atoms with Gasteiger partial charge in [-0.2, -0.15) is 0 Å². The van der Waals surface area contributed by atoms with Crippen LogP contribution in [0.4, 0.5) is 0 Å². The van der Waals surface area contributed by atoms with E-state index in [4.69, 9.17) is 14.2 Å². The molecule has 37 heavy (non-hydrogen) atoms. The minimum Gasteiger partial charge on any atom is -0.493 e. The lowest BCUT2D eigenvalue weighted by molar-refractivity contribution is -0.124. The summed E-state index contributed by atoms with van der Waals surface area (Å²) in [7, 11) is 6.83. The molecule has 2 aromatic carbocycles. The zero-order valence-electron chi connectivity index (χ0n) is 22.6.